The van der Waals surface area contributed by atoms with Gasteiger partial charge in [-0.1, -0.05) is 26.2 Å². The molecule has 1 atom stereocenters. The molecule has 1 heterocycles. The van der Waals surface area contributed by atoms with Crippen LogP contribution in [0.25, 0.3) is 0 Å². The molecule has 0 spiro atoms. The van der Waals surface area contributed by atoms with Gasteiger partial charge in [-0.2, -0.15) is 0 Å². The van der Waals surface area contributed by atoms with Gasteiger partial charge in [-0.3, -0.25) is 4.90 Å². The summed E-state index contributed by atoms with van der Waals surface area (Å²) < 4.78 is 0. The molecule has 2 aliphatic rings. The summed E-state index contributed by atoms with van der Waals surface area (Å²) in [5.74, 6) is 0.924. The predicted octanol–water partition coefficient (Wildman–Crippen LogP) is 2.18. The lowest BCUT2D eigenvalue weighted by Gasteiger charge is -2.39. The van der Waals surface area contributed by atoms with E-state index in [1.54, 1.807) is 0 Å². The monoisotopic (exact) mass is 267 g/mol. The Morgan fingerprint density at radius 1 is 1.00 bits per heavy atom. The standard InChI is InChI=1S/C16H33N3/c1-3-9-18-10-12-19(13-11-18)14-16(17-2)15-7-5-4-6-8-15/h15-17H,3-14H2,1-2H3. The van der Waals surface area contributed by atoms with Gasteiger partial charge >= 0.3 is 0 Å². The smallest absolute Gasteiger partial charge is 0.0220 e. The molecule has 1 aliphatic carbocycles. The van der Waals surface area contributed by atoms with Crippen molar-refractivity contribution in [1.82, 2.24) is 15.1 Å². The quantitative estimate of drug-likeness (QED) is 0.796. The first-order chi connectivity index (χ1) is 9.33. The third-order valence-electron chi connectivity index (χ3n) is 5.05. The van der Waals surface area contributed by atoms with Crippen LogP contribution in [0.15, 0.2) is 0 Å². The average molecular weight is 267 g/mol. The van der Waals surface area contributed by atoms with Gasteiger partial charge in [-0.25, -0.2) is 0 Å². The molecule has 19 heavy (non-hydrogen) atoms. The van der Waals surface area contributed by atoms with Crippen molar-refractivity contribution in [3.05, 3.63) is 0 Å². The highest BCUT2D eigenvalue weighted by atomic mass is 15.3. The third kappa shape index (κ3) is 4.73. The fraction of sp³-hybridized carbons (Fsp3) is 1.00. The highest BCUT2D eigenvalue weighted by Crippen LogP contribution is 2.26. The van der Waals surface area contributed by atoms with Crippen molar-refractivity contribution in [3.63, 3.8) is 0 Å². The zero-order valence-electron chi connectivity index (χ0n) is 13.0. The van der Waals surface area contributed by atoms with Gasteiger partial charge in [0.25, 0.3) is 0 Å². The maximum absolute atomic E-state index is 3.60. The van der Waals surface area contributed by atoms with Crippen LogP contribution in [0.4, 0.5) is 0 Å². The van der Waals surface area contributed by atoms with Crippen molar-refractivity contribution in [2.24, 2.45) is 5.92 Å². The molecular formula is C16H33N3. The molecule has 0 bridgehead atoms. The molecule has 3 nitrogen and oxygen atoms in total. The minimum Gasteiger partial charge on any atom is -0.315 e. The van der Waals surface area contributed by atoms with Crippen molar-refractivity contribution < 1.29 is 0 Å². The van der Waals surface area contributed by atoms with Gasteiger partial charge in [0, 0.05) is 38.8 Å². The molecule has 3 heteroatoms. The zero-order chi connectivity index (χ0) is 13.5. The van der Waals surface area contributed by atoms with Gasteiger partial charge in [-0.05, 0) is 38.8 Å². The first-order valence-electron chi connectivity index (χ1n) is 8.45. The van der Waals surface area contributed by atoms with Crippen LogP contribution < -0.4 is 5.32 Å². The molecule has 112 valence electrons. The first-order valence-corrected chi connectivity index (χ1v) is 8.45. The average Bonchev–Trinajstić information content (AvgIpc) is 2.48. The van der Waals surface area contributed by atoms with Gasteiger partial charge in [0.2, 0.25) is 0 Å². The van der Waals surface area contributed by atoms with Crippen molar-refractivity contribution in [3.8, 4) is 0 Å². The van der Waals surface area contributed by atoms with Gasteiger partial charge in [-0.15, -0.1) is 0 Å². The molecule has 1 saturated heterocycles. The largest absolute Gasteiger partial charge is 0.315 e. The molecule has 1 saturated carbocycles. The van der Waals surface area contributed by atoms with Crippen molar-refractivity contribution in [1.29, 1.82) is 0 Å². The summed E-state index contributed by atoms with van der Waals surface area (Å²) in [5, 5.41) is 3.60. The van der Waals surface area contributed by atoms with E-state index in [9.17, 15) is 0 Å². The summed E-state index contributed by atoms with van der Waals surface area (Å²) in [5.41, 5.74) is 0. The summed E-state index contributed by atoms with van der Waals surface area (Å²) in [6.07, 6.45) is 8.55. The minimum absolute atomic E-state index is 0.720. The number of piperazine rings is 1. The highest BCUT2D eigenvalue weighted by molar-refractivity contribution is 4.83. The molecule has 0 aromatic heterocycles. The molecular weight excluding hydrogens is 234 g/mol. The van der Waals surface area contributed by atoms with Crippen LogP contribution >= 0.6 is 0 Å². The first kappa shape index (κ1) is 15.3. The maximum atomic E-state index is 3.60. The lowest BCUT2D eigenvalue weighted by molar-refractivity contribution is 0.110. The van der Waals surface area contributed by atoms with Crippen LogP contribution in [0.2, 0.25) is 0 Å². The SMILES string of the molecule is CCCN1CCN(CC(NC)C2CCCCC2)CC1. The lowest BCUT2D eigenvalue weighted by atomic mass is 9.83. The number of likely N-dealkylation sites (N-methyl/N-ethyl adjacent to an activating group) is 1. The van der Waals surface area contributed by atoms with E-state index in [1.165, 1.54) is 77.8 Å². The summed E-state index contributed by atoms with van der Waals surface area (Å²) >= 11 is 0. The normalized spacial score (nSPS) is 25.6. The third-order valence-corrected chi connectivity index (χ3v) is 5.05. The highest BCUT2D eigenvalue weighted by Gasteiger charge is 2.25. The second kappa shape index (κ2) is 8.23. The number of hydrogen-bond acceptors (Lipinski definition) is 3. The lowest BCUT2D eigenvalue weighted by Crippen LogP contribution is -2.52. The minimum atomic E-state index is 0.720. The van der Waals surface area contributed by atoms with E-state index >= 15 is 0 Å². The maximum Gasteiger partial charge on any atom is 0.0220 e. The Morgan fingerprint density at radius 3 is 2.21 bits per heavy atom. The second-order valence-corrected chi connectivity index (χ2v) is 6.44. The summed E-state index contributed by atoms with van der Waals surface area (Å²) in [4.78, 5) is 5.30. The Kier molecular flexibility index (Phi) is 6.62. The van der Waals surface area contributed by atoms with Crippen molar-refractivity contribution in [2.45, 2.75) is 51.5 Å². The topological polar surface area (TPSA) is 18.5 Å². The van der Waals surface area contributed by atoms with Gasteiger partial charge in [0.15, 0.2) is 0 Å². The van der Waals surface area contributed by atoms with E-state index in [0.717, 1.165) is 12.0 Å². The van der Waals surface area contributed by atoms with Crippen molar-refractivity contribution >= 4 is 0 Å². The fourth-order valence-electron chi connectivity index (χ4n) is 3.80. The number of hydrogen-bond donors (Lipinski definition) is 1. The summed E-state index contributed by atoms with van der Waals surface area (Å²) in [6.45, 7) is 9.92. The number of nitrogens with zero attached hydrogens (tertiary/aromatic N) is 2. The Morgan fingerprint density at radius 2 is 1.63 bits per heavy atom. The Balaban J connectivity index is 1.73. The van der Waals surface area contributed by atoms with E-state index in [-0.39, 0.29) is 0 Å². The molecule has 0 aromatic rings. The molecule has 0 radical (unpaired) electrons. The van der Waals surface area contributed by atoms with Crippen LogP contribution in [0.3, 0.4) is 0 Å². The predicted molar refractivity (Wildman–Crippen MR) is 82.6 cm³/mol. The summed E-state index contributed by atoms with van der Waals surface area (Å²) in [6, 6.07) is 0.720. The molecule has 0 aromatic carbocycles. The van der Waals surface area contributed by atoms with Crippen LogP contribution in [0.1, 0.15) is 45.4 Å². The van der Waals surface area contributed by atoms with Crippen LogP contribution in [-0.2, 0) is 0 Å². The molecule has 1 N–H and O–H groups in total. The molecule has 2 rings (SSSR count). The molecule has 0 amide bonds. The van der Waals surface area contributed by atoms with Crippen molar-refractivity contribution in [2.75, 3.05) is 46.3 Å². The van der Waals surface area contributed by atoms with E-state index in [1.807, 2.05) is 0 Å². The van der Waals surface area contributed by atoms with E-state index in [2.05, 4.69) is 29.1 Å². The molecule has 2 fully saturated rings. The molecule has 1 unspecified atom stereocenters. The Labute approximate surface area is 119 Å². The van der Waals surface area contributed by atoms with E-state index < -0.39 is 0 Å². The molecule has 1 aliphatic heterocycles. The van der Waals surface area contributed by atoms with Crippen LogP contribution in [0.5, 0.6) is 0 Å². The van der Waals surface area contributed by atoms with Gasteiger partial charge < -0.3 is 10.2 Å². The Hall–Kier alpha value is -0.120. The van der Waals surface area contributed by atoms with Gasteiger partial charge in [0.05, 0.1) is 0 Å². The zero-order valence-corrected chi connectivity index (χ0v) is 13.0. The van der Waals surface area contributed by atoms with E-state index in [0.29, 0.717) is 0 Å². The van der Waals surface area contributed by atoms with Gasteiger partial charge in [0.1, 0.15) is 0 Å². The number of nitrogens with one attached hydrogen (secondary N) is 1. The van der Waals surface area contributed by atoms with Crippen LogP contribution in [-0.4, -0.2) is 62.2 Å². The van der Waals surface area contributed by atoms with E-state index in [4.69, 9.17) is 0 Å². The van der Waals surface area contributed by atoms with Crippen LogP contribution in [0, 0.1) is 5.92 Å². The second-order valence-electron chi connectivity index (χ2n) is 6.44. The Bertz CT molecular complexity index is 230. The summed E-state index contributed by atoms with van der Waals surface area (Å²) in [7, 11) is 2.16. The number of rotatable bonds is 6. The fourth-order valence-corrected chi connectivity index (χ4v) is 3.80.